The Hall–Kier alpha value is -0.200. The molecule has 0 amide bonds. The van der Waals surface area contributed by atoms with Crippen LogP contribution in [0.5, 0.6) is 0 Å². The number of hydrogen-bond donors (Lipinski definition) is 3. The zero-order chi connectivity index (χ0) is 10.0. The molecule has 13 heavy (non-hydrogen) atoms. The summed E-state index contributed by atoms with van der Waals surface area (Å²) in [5, 5.41) is 27.9. The number of aliphatic hydroxyl groups is 3. The Labute approximate surface area is 76.9 Å². The highest BCUT2D eigenvalue weighted by molar-refractivity contribution is 4.86. The van der Waals surface area contributed by atoms with Gasteiger partial charge in [0.2, 0.25) is 0 Å². The Morgan fingerprint density at radius 2 is 1.92 bits per heavy atom. The topological polar surface area (TPSA) is 79.2 Å². The minimum atomic E-state index is -0.859. The van der Waals surface area contributed by atoms with Crippen molar-refractivity contribution >= 4 is 0 Å². The Kier molecular flexibility index (Phi) is 3.63. The molecule has 1 heterocycles. The van der Waals surface area contributed by atoms with Gasteiger partial charge in [-0.2, -0.15) is 0 Å². The van der Waals surface area contributed by atoms with E-state index in [1.165, 1.54) is 7.11 Å². The second-order valence-electron chi connectivity index (χ2n) is 3.30. The average Bonchev–Trinajstić information content (AvgIpc) is 2.15. The maximum Gasteiger partial charge on any atom is 0.183 e. The van der Waals surface area contributed by atoms with Crippen LogP contribution in [0.4, 0.5) is 0 Å². The molecule has 1 aliphatic heterocycles. The van der Waals surface area contributed by atoms with E-state index in [4.69, 9.17) is 14.6 Å². The van der Waals surface area contributed by atoms with Gasteiger partial charge in [-0.25, -0.2) is 0 Å². The third-order valence-electron chi connectivity index (χ3n) is 2.46. The number of aliphatic hydroxyl groups excluding tert-OH is 3. The molecule has 5 atom stereocenters. The predicted octanol–water partition coefficient (Wildman–Crippen LogP) is -1.29. The van der Waals surface area contributed by atoms with Gasteiger partial charge in [0, 0.05) is 13.0 Å². The van der Waals surface area contributed by atoms with Crippen LogP contribution in [0.2, 0.25) is 0 Å². The van der Waals surface area contributed by atoms with E-state index in [9.17, 15) is 10.2 Å². The molecule has 0 aromatic heterocycles. The third kappa shape index (κ3) is 2.00. The molecule has 0 bridgehead atoms. The second kappa shape index (κ2) is 4.34. The SMILES string of the molecule is CO[C@H]1O[C@H](CO)[C@H](O)[C@@H](C)[C@@H]1O. The fraction of sp³-hybridized carbons (Fsp3) is 1.00. The number of ether oxygens (including phenoxy) is 2. The molecule has 0 unspecified atom stereocenters. The minimum absolute atomic E-state index is 0.280. The summed E-state index contributed by atoms with van der Waals surface area (Å²) in [7, 11) is 1.41. The summed E-state index contributed by atoms with van der Waals surface area (Å²) in [5.74, 6) is -0.365. The van der Waals surface area contributed by atoms with Crippen LogP contribution in [0, 0.1) is 5.92 Å². The van der Waals surface area contributed by atoms with Gasteiger partial charge in [-0.3, -0.25) is 0 Å². The van der Waals surface area contributed by atoms with Crippen molar-refractivity contribution in [1.29, 1.82) is 0 Å². The first kappa shape index (κ1) is 10.9. The van der Waals surface area contributed by atoms with Crippen LogP contribution in [0.3, 0.4) is 0 Å². The first-order chi connectivity index (χ1) is 6.11. The van der Waals surface area contributed by atoms with E-state index in [0.717, 1.165) is 0 Å². The first-order valence-electron chi connectivity index (χ1n) is 4.27. The lowest BCUT2D eigenvalue weighted by Gasteiger charge is -2.40. The van der Waals surface area contributed by atoms with Gasteiger partial charge in [0.05, 0.1) is 12.7 Å². The molecule has 5 heteroatoms. The van der Waals surface area contributed by atoms with Gasteiger partial charge in [0.1, 0.15) is 12.2 Å². The van der Waals surface area contributed by atoms with Crippen LogP contribution in [-0.2, 0) is 9.47 Å². The zero-order valence-corrected chi connectivity index (χ0v) is 7.75. The zero-order valence-electron chi connectivity index (χ0n) is 7.75. The van der Waals surface area contributed by atoms with E-state index >= 15 is 0 Å². The molecule has 0 saturated carbocycles. The third-order valence-corrected chi connectivity index (χ3v) is 2.46. The molecule has 1 fully saturated rings. The maximum atomic E-state index is 9.53. The number of hydrogen-bond acceptors (Lipinski definition) is 5. The molecule has 0 aliphatic carbocycles. The molecule has 78 valence electrons. The van der Waals surface area contributed by atoms with Crippen LogP contribution < -0.4 is 0 Å². The van der Waals surface area contributed by atoms with E-state index in [-0.39, 0.29) is 12.5 Å². The van der Waals surface area contributed by atoms with Crippen molar-refractivity contribution in [3.8, 4) is 0 Å². The maximum absolute atomic E-state index is 9.53. The Morgan fingerprint density at radius 1 is 1.31 bits per heavy atom. The van der Waals surface area contributed by atoms with Gasteiger partial charge >= 0.3 is 0 Å². The Balaban J connectivity index is 2.66. The molecule has 0 radical (unpaired) electrons. The fourth-order valence-corrected chi connectivity index (χ4v) is 1.47. The summed E-state index contributed by atoms with van der Waals surface area (Å²) in [6.45, 7) is 1.41. The second-order valence-corrected chi connectivity index (χ2v) is 3.30. The van der Waals surface area contributed by atoms with Crippen molar-refractivity contribution in [3.05, 3.63) is 0 Å². The predicted molar refractivity (Wildman–Crippen MR) is 43.9 cm³/mol. The highest BCUT2D eigenvalue weighted by atomic mass is 16.7. The Bertz CT molecular complexity index is 143. The molecule has 0 spiro atoms. The lowest BCUT2D eigenvalue weighted by atomic mass is 9.91. The molecule has 0 aromatic rings. The van der Waals surface area contributed by atoms with Crippen molar-refractivity contribution in [2.45, 2.75) is 31.5 Å². The van der Waals surface area contributed by atoms with Crippen LogP contribution in [-0.4, -0.2) is 53.6 Å². The molecule has 3 N–H and O–H groups in total. The van der Waals surface area contributed by atoms with Gasteiger partial charge in [0.25, 0.3) is 0 Å². The molecular weight excluding hydrogens is 176 g/mol. The van der Waals surface area contributed by atoms with Gasteiger partial charge < -0.3 is 24.8 Å². The molecule has 1 saturated heterocycles. The largest absolute Gasteiger partial charge is 0.394 e. The summed E-state index contributed by atoms with van der Waals surface area (Å²) >= 11 is 0. The molecule has 5 nitrogen and oxygen atoms in total. The number of rotatable bonds is 2. The average molecular weight is 192 g/mol. The van der Waals surface area contributed by atoms with E-state index in [1.54, 1.807) is 6.92 Å². The van der Waals surface area contributed by atoms with Crippen LogP contribution in [0.1, 0.15) is 6.92 Å². The molecular formula is C8H16O5. The van der Waals surface area contributed by atoms with E-state index in [2.05, 4.69) is 0 Å². The highest BCUT2D eigenvalue weighted by Crippen LogP contribution is 2.25. The van der Waals surface area contributed by atoms with Gasteiger partial charge in [-0.05, 0) is 0 Å². The van der Waals surface area contributed by atoms with Gasteiger partial charge in [0.15, 0.2) is 6.29 Å². The highest BCUT2D eigenvalue weighted by Gasteiger charge is 2.41. The summed E-state index contributed by atoms with van der Waals surface area (Å²) in [6, 6.07) is 0. The van der Waals surface area contributed by atoms with Crippen molar-refractivity contribution in [2.24, 2.45) is 5.92 Å². The van der Waals surface area contributed by atoms with E-state index in [1.807, 2.05) is 0 Å². The first-order valence-corrected chi connectivity index (χ1v) is 4.27. The van der Waals surface area contributed by atoms with Crippen molar-refractivity contribution in [1.82, 2.24) is 0 Å². The molecule has 1 aliphatic rings. The summed E-state index contributed by atoms with van der Waals surface area (Å²) in [6.07, 6.45) is -3.16. The number of methoxy groups -OCH3 is 1. The van der Waals surface area contributed by atoms with Gasteiger partial charge in [-0.15, -0.1) is 0 Å². The summed E-state index contributed by atoms with van der Waals surface area (Å²) < 4.78 is 9.97. The van der Waals surface area contributed by atoms with Crippen LogP contribution in [0.15, 0.2) is 0 Å². The van der Waals surface area contributed by atoms with E-state index < -0.39 is 24.6 Å². The normalized spacial score (nSPS) is 46.4. The smallest absolute Gasteiger partial charge is 0.183 e. The standard InChI is InChI=1S/C8H16O5/c1-4-6(10)5(3-9)13-8(12-2)7(4)11/h4-11H,3H2,1-2H3/t4-,5-,6-,7+,8+/m1/s1. The molecule has 1 rings (SSSR count). The van der Waals surface area contributed by atoms with E-state index in [0.29, 0.717) is 0 Å². The van der Waals surface area contributed by atoms with Crippen LogP contribution >= 0.6 is 0 Å². The monoisotopic (exact) mass is 192 g/mol. The summed E-state index contributed by atoms with van der Waals surface area (Å²) in [4.78, 5) is 0. The minimum Gasteiger partial charge on any atom is -0.394 e. The van der Waals surface area contributed by atoms with Gasteiger partial charge in [-0.1, -0.05) is 6.92 Å². The van der Waals surface area contributed by atoms with Crippen molar-refractivity contribution in [2.75, 3.05) is 13.7 Å². The molecule has 0 aromatic carbocycles. The lowest BCUT2D eigenvalue weighted by molar-refractivity contribution is -0.280. The fourth-order valence-electron chi connectivity index (χ4n) is 1.47. The summed E-state index contributed by atoms with van der Waals surface area (Å²) in [5.41, 5.74) is 0. The van der Waals surface area contributed by atoms with Crippen molar-refractivity contribution < 1.29 is 24.8 Å². The Morgan fingerprint density at radius 3 is 2.38 bits per heavy atom. The van der Waals surface area contributed by atoms with Crippen LogP contribution in [0.25, 0.3) is 0 Å². The quantitative estimate of drug-likeness (QED) is 0.507. The van der Waals surface area contributed by atoms with Crippen molar-refractivity contribution in [3.63, 3.8) is 0 Å². The lowest BCUT2D eigenvalue weighted by Crippen LogP contribution is -2.54.